The lowest BCUT2D eigenvalue weighted by Crippen LogP contribution is -2.38. The maximum absolute atomic E-state index is 13.9. The first-order valence-corrected chi connectivity index (χ1v) is 13.4. The molecular formula is C31H31FN8. The molecule has 0 bridgehead atoms. The fourth-order valence-corrected chi connectivity index (χ4v) is 4.89. The Hall–Kier alpha value is -4.81. The number of hydrogen-bond donors (Lipinski definition) is 4. The Morgan fingerprint density at radius 2 is 1.98 bits per heavy atom. The van der Waals surface area contributed by atoms with Crippen LogP contribution in [0.1, 0.15) is 43.8 Å². The number of halogens is 1. The monoisotopic (exact) mass is 535 g/mol. The molecule has 0 saturated heterocycles. The van der Waals surface area contributed by atoms with E-state index >= 15 is 0 Å². The van der Waals surface area contributed by atoms with Gasteiger partial charge in [0.1, 0.15) is 11.9 Å². The van der Waals surface area contributed by atoms with Gasteiger partial charge in [0.2, 0.25) is 0 Å². The number of nitriles is 1. The second kappa shape index (κ2) is 10.8. The molecule has 0 spiro atoms. The summed E-state index contributed by atoms with van der Waals surface area (Å²) in [7, 11) is 0. The lowest BCUT2D eigenvalue weighted by Gasteiger charge is -2.27. The molecule has 0 radical (unpaired) electrons. The zero-order valence-corrected chi connectivity index (χ0v) is 22.4. The molecule has 2 heterocycles. The molecule has 6 rings (SSSR count). The van der Waals surface area contributed by atoms with Crippen LogP contribution in [-0.4, -0.2) is 22.6 Å². The third-order valence-electron chi connectivity index (χ3n) is 7.11. The van der Waals surface area contributed by atoms with Crippen molar-refractivity contribution in [3.63, 3.8) is 0 Å². The Morgan fingerprint density at radius 1 is 1.20 bits per heavy atom. The first kappa shape index (κ1) is 24.2. The summed E-state index contributed by atoms with van der Waals surface area (Å²) in [5.41, 5.74) is 15.2. The highest BCUT2D eigenvalue weighted by Gasteiger charge is 2.32. The maximum Gasteiger partial charge on any atom is 0.123 e. The van der Waals surface area contributed by atoms with Crippen LogP contribution < -0.4 is 26.7 Å². The standard InChI is InChI=1S/C31H31FN8/c1-3-39(25-7-5-4-6-8-25)37-30-22(17-33)18-34-29-20(2)15-24(16-27(29)30)35-31(21-9-11-23(32)12-10-21)28-19-40(38-36-28)26-13-14-26/h4-12,15-16,18-19,26,31,35-36,38H,3,13-14H2,1-2H3,(H,34,37)/t31-/m1/s1/i31D. The second-order valence-corrected chi connectivity index (χ2v) is 9.96. The first-order valence-electron chi connectivity index (χ1n) is 13.9. The smallest absolute Gasteiger partial charge is 0.123 e. The summed E-state index contributed by atoms with van der Waals surface area (Å²) in [6, 6.07) is 20.9. The molecule has 8 nitrogen and oxygen atoms in total. The predicted octanol–water partition coefficient (Wildman–Crippen LogP) is 5.89. The Balaban J connectivity index is 1.44. The topological polar surface area (TPSA) is 91.3 Å². The van der Waals surface area contributed by atoms with Crippen LogP contribution in [0.5, 0.6) is 0 Å². The predicted molar refractivity (Wildman–Crippen MR) is 156 cm³/mol. The number of benzene rings is 3. The van der Waals surface area contributed by atoms with Crippen LogP contribution in [-0.2, 0) is 0 Å². The van der Waals surface area contributed by atoms with Crippen LogP contribution >= 0.6 is 0 Å². The Bertz CT molecular complexity index is 1650. The number of para-hydroxylation sites is 1. The molecule has 40 heavy (non-hydrogen) atoms. The van der Waals surface area contributed by atoms with E-state index in [-0.39, 0.29) is 5.82 Å². The average molecular weight is 536 g/mol. The van der Waals surface area contributed by atoms with Gasteiger partial charge in [0.05, 0.1) is 35.5 Å². The largest absolute Gasteiger partial charge is 0.373 e. The summed E-state index contributed by atoms with van der Waals surface area (Å²) in [6.45, 7) is 4.64. The molecule has 2 aliphatic rings. The molecule has 0 amide bonds. The van der Waals surface area contributed by atoms with Crippen molar-refractivity contribution in [3.8, 4) is 6.07 Å². The van der Waals surface area contributed by atoms with Gasteiger partial charge in [-0.2, -0.15) is 5.26 Å². The Morgan fingerprint density at radius 3 is 2.67 bits per heavy atom. The van der Waals surface area contributed by atoms with Crippen molar-refractivity contribution >= 4 is 28.0 Å². The quantitative estimate of drug-likeness (QED) is 0.197. The van der Waals surface area contributed by atoms with Crippen molar-refractivity contribution in [2.75, 3.05) is 22.3 Å². The lowest BCUT2D eigenvalue weighted by molar-refractivity contribution is 0.260. The van der Waals surface area contributed by atoms with E-state index in [1.807, 2.05) is 72.5 Å². The SMILES string of the molecule is [2H][C@](Nc1cc(C)c2ncc(C#N)c(NN(CC)c3ccccc3)c2c1)(C1=CN(C2CC2)NN1)c1ccc(F)cc1. The highest BCUT2D eigenvalue weighted by molar-refractivity contribution is 5.98. The Labute approximate surface area is 234 Å². The molecular weight excluding hydrogens is 503 g/mol. The van der Waals surface area contributed by atoms with Crippen LogP contribution in [0.15, 0.2) is 84.8 Å². The number of nitrogens with zero attached hydrogens (tertiary/aromatic N) is 4. The van der Waals surface area contributed by atoms with Gasteiger partial charge < -0.3 is 10.7 Å². The molecule has 1 atom stereocenters. The van der Waals surface area contributed by atoms with E-state index in [0.29, 0.717) is 40.8 Å². The second-order valence-electron chi connectivity index (χ2n) is 9.96. The number of aromatic nitrogens is 1. The molecule has 9 heteroatoms. The van der Waals surface area contributed by atoms with Crippen molar-refractivity contribution in [3.05, 3.63) is 107 Å². The molecule has 1 aromatic heterocycles. The summed E-state index contributed by atoms with van der Waals surface area (Å²) in [5.74, 6) is -0.367. The van der Waals surface area contributed by atoms with Gasteiger partial charge in [0.15, 0.2) is 0 Å². The van der Waals surface area contributed by atoms with Crippen LogP contribution in [0.25, 0.3) is 10.9 Å². The van der Waals surface area contributed by atoms with Crippen molar-refractivity contribution < 1.29 is 5.76 Å². The number of fused-ring (bicyclic) bond motifs is 1. The maximum atomic E-state index is 13.9. The van der Waals surface area contributed by atoms with Crippen LogP contribution in [0.3, 0.4) is 0 Å². The fraction of sp³-hybridized carbons (Fsp3) is 0.226. The highest BCUT2D eigenvalue weighted by atomic mass is 19.1. The summed E-state index contributed by atoms with van der Waals surface area (Å²) >= 11 is 0. The van der Waals surface area contributed by atoms with E-state index in [1.54, 1.807) is 18.3 Å². The summed E-state index contributed by atoms with van der Waals surface area (Å²) in [6.07, 6.45) is 5.65. The van der Waals surface area contributed by atoms with E-state index in [1.165, 1.54) is 12.1 Å². The number of pyridine rings is 1. The van der Waals surface area contributed by atoms with Crippen molar-refractivity contribution in [1.29, 1.82) is 5.26 Å². The van der Waals surface area contributed by atoms with E-state index in [2.05, 4.69) is 32.8 Å². The molecule has 1 saturated carbocycles. The molecule has 3 aromatic carbocycles. The van der Waals surface area contributed by atoms with Gasteiger partial charge in [-0.15, -0.1) is 5.53 Å². The number of rotatable bonds is 9. The minimum absolute atomic E-state index is 0.367. The number of anilines is 3. The highest BCUT2D eigenvalue weighted by Crippen LogP contribution is 2.35. The molecule has 1 fully saturated rings. The third kappa shape index (κ3) is 5.09. The first-order chi connectivity index (χ1) is 19.9. The third-order valence-corrected chi connectivity index (χ3v) is 7.11. The average Bonchev–Trinajstić information content (AvgIpc) is 3.72. The van der Waals surface area contributed by atoms with Gasteiger partial charge >= 0.3 is 0 Å². The van der Waals surface area contributed by atoms with Crippen LogP contribution in [0.4, 0.5) is 21.5 Å². The zero-order chi connectivity index (χ0) is 28.6. The molecule has 1 aliphatic carbocycles. The van der Waals surface area contributed by atoms with Gasteiger partial charge in [0, 0.05) is 36.1 Å². The zero-order valence-electron chi connectivity index (χ0n) is 23.4. The number of nitrogens with one attached hydrogen (secondary N) is 4. The normalized spacial score (nSPS) is 16.4. The van der Waals surface area contributed by atoms with E-state index in [9.17, 15) is 11.0 Å². The van der Waals surface area contributed by atoms with Gasteiger partial charge in [-0.1, -0.05) is 30.3 Å². The van der Waals surface area contributed by atoms with Crippen molar-refractivity contribution in [2.24, 2.45) is 0 Å². The van der Waals surface area contributed by atoms with Gasteiger partial charge in [-0.05, 0) is 74.2 Å². The lowest BCUT2D eigenvalue weighted by atomic mass is 10.0. The minimum atomic E-state index is -1.47. The number of hydrazine groups is 3. The number of hydrogen-bond acceptors (Lipinski definition) is 8. The van der Waals surface area contributed by atoms with Crippen LogP contribution in [0, 0.1) is 24.1 Å². The van der Waals surface area contributed by atoms with Crippen LogP contribution in [0.2, 0.25) is 0 Å². The van der Waals surface area contributed by atoms with Crippen molar-refractivity contribution in [1.82, 2.24) is 21.0 Å². The fourth-order valence-electron chi connectivity index (χ4n) is 4.89. The van der Waals surface area contributed by atoms with E-state index in [0.717, 1.165) is 35.0 Å². The Kier molecular flexibility index (Phi) is 6.52. The summed E-state index contributed by atoms with van der Waals surface area (Å²) in [4.78, 5) is 4.60. The summed E-state index contributed by atoms with van der Waals surface area (Å²) in [5, 5.41) is 18.1. The molecule has 0 unspecified atom stereocenters. The molecule has 4 aromatic rings. The molecule has 1 aliphatic heterocycles. The van der Waals surface area contributed by atoms with Gasteiger partial charge in [0.25, 0.3) is 0 Å². The number of aryl methyl sites for hydroxylation is 1. The molecule has 202 valence electrons. The summed E-state index contributed by atoms with van der Waals surface area (Å²) < 4.78 is 23.5. The van der Waals surface area contributed by atoms with Crippen molar-refractivity contribution in [2.45, 2.75) is 38.7 Å². The van der Waals surface area contributed by atoms with Gasteiger partial charge in [-0.3, -0.25) is 20.4 Å². The van der Waals surface area contributed by atoms with E-state index < -0.39 is 6.02 Å². The minimum Gasteiger partial charge on any atom is -0.373 e. The van der Waals surface area contributed by atoms with Gasteiger partial charge in [-0.25, -0.2) is 4.39 Å². The molecule has 4 N–H and O–H groups in total. The van der Waals surface area contributed by atoms with E-state index in [4.69, 9.17) is 0 Å².